The first kappa shape index (κ1) is 16.1. The number of nitrogens with one attached hydrogen (secondary N) is 1. The number of nitrogens with zero attached hydrogens (tertiary/aromatic N) is 2. The van der Waals surface area contributed by atoms with Gasteiger partial charge in [-0.15, -0.1) is 0 Å². The molecule has 22 heavy (non-hydrogen) atoms. The summed E-state index contributed by atoms with van der Waals surface area (Å²) in [4.78, 5) is 6.62. The SMILES string of the molecule is CN=C(NC1C2CCOC2C1(C)C)N(C)CCOCC1CC1. The van der Waals surface area contributed by atoms with Crippen LogP contribution < -0.4 is 5.32 Å². The largest absolute Gasteiger partial charge is 0.379 e. The van der Waals surface area contributed by atoms with E-state index in [1.165, 1.54) is 12.8 Å². The minimum Gasteiger partial charge on any atom is -0.379 e. The monoisotopic (exact) mass is 309 g/mol. The Labute approximate surface area is 134 Å². The van der Waals surface area contributed by atoms with Crippen LogP contribution in [0.15, 0.2) is 4.99 Å². The van der Waals surface area contributed by atoms with Crippen molar-refractivity contribution in [3.63, 3.8) is 0 Å². The zero-order valence-electron chi connectivity index (χ0n) is 14.5. The number of likely N-dealkylation sites (N-methyl/N-ethyl adjacent to an activating group) is 1. The highest BCUT2D eigenvalue weighted by atomic mass is 16.5. The molecule has 0 aromatic rings. The number of hydrogen-bond donors (Lipinski definition) is 1. The molecule has 1 N–H and O–H groups in total. The average Bonchev–Trinajstić information content (AvgIpc) is 3.20. The molecule has 0 aromatic heterocycles. The molecule has 3 aliphatic rings. The van der Waals surface area contributed by atoms with Gasteiger partial charge in [0.1, 0.15) is 0 Å². The van der Waals surface area contributed by atoms with Gasteiger partial charge in [0.15, 0.2) is 5.96 Å². The zero-order valence-corrected chi connectivity index (χ0v) is 14.5. The van der Waals surface area contributed by atoms with E-state index in [0.29, 0.717) is 18.1 Å². The zero-order chi connectivity index (χ0) is 15.7. The Kier molecular flexibility index (Phi) is 4.64. The highest BCUT2D eigenvalue weighted by Crippen LogP contribution is 2.52. The number of fused-ring (bicyclic) bond motifs is 1. The minimum atomic E-state index is 0.181. The first-order valence-corrected chi connectivity index (χ1v) is 8.68. The smallest absolute Gasteiger partial charge is 0.193 e. The van der Waals surface area contributed by atoms with E-state index in [9.17, 15) is 0 Å². The summed E-state index contributed by atoms with van der Waals surface area (Å²) in [6, 6.07) is 0.452. The van der Waals surface area contributed by atoms with E-state index < -0.39 is 0 Å². The van der Waals surface area contributed by atoms with Gasteiger partial charge >= 0.3 is 0 Å². The quantitative estimate of drug-likeness (QED) is 0.461. The molecule has 0 spiro atoms. The third kappa shape index (κ3) is 3.11. The molecule has 2 saturated carbocycles. The Morgan fingerprint density at radius 1 is 1.36 bits per heavy atom. The van der Waals surface area contributed by atoms with Crippen LogP contribution in [-0.4, -0.2) is 63.5 Å². The standard InChI is InChI=1S/C17H31N3O2/c1-17(2)14(13-7-9-22-15(13)17)19-16(18-3)20(4)8-10-21-11-12-5-6-12/h12-15H,5-11H2,1-4H3,(H,18,19). The van der Waals surface area contributed by atoms with Gasteiger partial charge in [0.25, 0.3) is 0 Å². The lowest BCUT2D eigenvalue weighted by Gasteiger charge is -2.55. The summed E-state index contributed by atoms with van der Waals surface area (Å²) in [6.45, 7) is 8.07. The van der Waals surface area contributed by atoms with Crippen molar-refractivity contribution in [3.05, 3.63) is 0 Å². The fourth-order valence-corrected chi connectivity index (χ4v) is 3.94. The lowest BCUT2D eigenvalue weighted by molar-refractivity contribution is -0.107. The van der Waals surface area contributed by atoms with E-state index in [0.717, 1.165) is 44.7 Å². The van der Waals surface area contributed by atoms with Crippen molar-refractivity contribution in [2.45, 2.75) is 45.3 Å². The molecule has 126 valence electrons. The Hall–Kier alpha value is -0.810. The van der Waals surface area contributed by atoms with E-state index in [1.807, 2.05) is 7.05 Å². The van der Waals surface area contributed by atoms with Crippen LogP contribution in [0.4, 0.5) is 0 Å². The third-order valence-corrected chi connectivity index (χ3v) is 5.58. The second-order valence-corrected chi connectivity index (χ2v) is 7.67. The van der Waals surface area contributed by atoms with Gasteiger partial charge in [-0.1, -0.05) is 13.8 Å². The maximum Gasteiger partial charge on any atom is 0.193 e. The predicted octanol–water partition coefficient (Wildman–Crippen LogP) is 1.73. The van der Waals surface area contributed by atoms with E-state index in [2.05, 4.69) is 36.1 Å². The number of hydrogen-bond acceptors (Lipinski definition) is 3. The van der Waals surface area contributed by atoms with Crippen molar-refractivity contribution in [1.29, 1.82) is 0 Å². The van der Waals surface area contributed by atoms with Crippen LogP contribution in [0.2, 0.25) is 0 Å². The van der Waals surface area contributed by atoms with Gasteiger partial charge in [-0.25, -0.2) is 0 Å². The van der Waals surface area contributed by atoms with Crippen LogP contribution in [-0.2, 0) is 9.47 Å². The minimum absolute atomic E-state index is 0.181. The molecule has 0 amide bonds. The molecule has 5 heteroatoms. The summed E-state index contributed by atoms with van der Waals surface area (Å²) in [5, 5.41) is 3.67. The Balaban J connectivity index is 1.46. The first-order valence-electron chi connectivity index (χ1n) is 8.68. The predicted molar refractivity (Wildman–Crippen MR) is 88.1 cm³/mol. The molecule has 0 bridgehead atoms. The molecular formula is C17H31N3O2. The number of aliphatic imine (C=N–C) groups is 1. The van der Waals surface area contributed by atoms with Crippen molar-refractivity contribution < 1.29 is 9.47 Å². The maximum atomic E-state index is 5.87. The summed E-state index contributed by atoms with van der Waals surface area (Å²) >= 11 is 0. The number of ether oxygens (including phenoxy) is 2. The Bertz CT molecular complexity index is 420. The van der Waals surface area contributed by atoms with Crippen molar-refractivity contribution in [3.8, 4) is 0 Å². The van der Waals surface area contributed by atoms with Crippen molar-refractivity contribution >= 4 is 5.96 Å². The van der Waals surface area contributed by atoms with Crippen molar-refractivity contribution in [1.82, 2.24) is 10.2 Å². The molecule has 0 aromatic carbocycles. The van der Waals surface area contributed by atoms with Crippen LogP contribution in [0, 0.1) is 17.3 Å². The molecule has 0 radical (unpaired) electrons. The van der Waals surface area contributed by atoms with Gasteiger partial charge in [0.05, 0.1) is 12.7 Å². The molecule has 3 unspecified atom stereocenters. The lowest BCUT2D eigenvalue weighted by atomic mass is 9.57. The van der Waals surface area contributed by atoms with Gasteiger partial charge in [-0.2, -0.15) is 0 Å². The summed E-state index contributed by atoms with van der Waals surface area (Å²) < 4.78 is 11.6. The number of rotatable bonds is 6. The van der Waals surface area contributed by atoms with Crippen LogP contribution >= 0.6 is 0 Å². The molecular weight excluding hydrogens is 278 g/mol. The van der Waals surface area contributed by atoms with Gasteiger partial charge in [0.2, 0.25) is 0 Å². The van der Waals surface area contributed by atoms with Gasteiger partial charge in [-0.3, -0.25) is 4.99 Å². The van der Waals surface area contributed by atoms with Gasteiger partial charge < -0.3 is 19.7 Å². The van der Waals surface area contributed by atoms with Gasteiger partial charge in [0, 0.05) is 51.2 Å². The second-order valence-electron chi connectivity index (χ2n) is 7.67. The molecule has 1 saturated heterocycles. The van der Waals surface area contributed by atoms with Crippen LogP contribution in [0.1, 0.15) is 33.1 Å². The van der Waals surface area contributed by atoms with Crippen LogP contribution in [0.25, 0.3) is 0 Å². The fourth-order valence-electron chi connectivity index (χ4n) is 3.94. The number of guanidine groups is 1. The van der Waals surface area contributed by atoms with Crippen LogP contribution in [0.5, 0.6) is 0 Å². The van der Waals surface area contributed by atoms with E-state index >= 15 is 0 Å². The highest BCUT2D eigenvalue weighted by molar-refractivity contribution is 5.80. The average molecular weight is 309 g/mol. The highest BCUT2D eigenvalue weighted by Gasteiger charge is 2.59. The van der Waals surface area contributed by atoms with Crippen molar-refractivity contribution in [2.24, 2.45) is 22.2 Å². The second kappa shape index (κ2) is 6.36. The molecule has 1 aliphatic heterocycles. The Morgan fingerprint density at radius 3 is 2.82 bits per heavy atom. The summed E-state index contributed by atoms with van der Waals surface area (Å²) in [6.07, 6.45) is 4.27. The molecule has 3 rings (SSSR count). The molecule has 5 nitrogen and oxygen atoms in total. The molecule has 3 fully saturated rings. The topological polar surface area (TPSA) is 46.1 Å². The summed E-state index contributed by atoms with van der Waals surface area (Å²) in [5.41, 5.74) is 0.181. The van der Waals surface area contributed by atoms with Crippen molar-refractivity contribution in [2.75, 3.05) is 40.5 Å². The molecule has 3 atom stereocenters. The summed E-state index contributed by atoms with van der Waals surface area (Å²) in [7, 11) is 3.95. The molecule has 1 heterocycles. The first-order chi connectivity index (χ1) is 10.5. The Morgan fingerprint density at radius 2 is 2.14 bits per heavy atom. The maximum absolute atomic E-state index is 5.87. The van der Waals surface area contributed by atoms with E-state index in [-0.39, 0.29) is 5.41 Å². The van der Waals surface area contributed by atoms with Gasteiger partial charge in [-0.05, 0) is 25.2 Å². The van der Waals surface area contributed by atoms with E-state index in [1.54, 1.807) is 0 Å². The third-order valence-electron chi connectivity index (χ3n) is 5.58. The molecule has 2 aliphatic carbocycles. The fraction of sp³-hybridized carbons (Fsp3) is 0.941. The van der Waals surface area contributed by atoms with Crippen LogP contribution in [0.3, 0.4) is 0 Å². The normalized spacial score (nSPS) is 33.3. The summed E-state index contributed by atoms with van der Waals surface area (Å²) in [5.74, 6) is 2.43. The van der Waals surface area contributed by atoms with E-state index in [4.69, 9.17) is 9.47 Å². The lowest BCUT2D eigenvalue weighted by Crippen LogP contribution is -2.68.